The lowest BCUT2D eigenvalue weighted by molar-refractivity contribution is -0.198. The molecule has 0 radical (unpaired) electrons. The first-order valence-corrected chi connectivity index (χ1v) is 17.8. The number of imide groups is 1. The Morgan fingerprint density at radius 1 is 0.532 bits per heavy atom. The minimum absolute atomic E-state index is 0.0487. The molecule has 1 rings (SSSR count). The van der Waals surface area contributed by atoms with Gasteiger partial charge < -0.3 is 34.4 Å². The van der Waals surface area contributed by atoms with Crippen LogP contribution in [0.5, 0.6) is 0 Å². The Morgan fingerprint density at radius 2 is 0.936 bits per heavy atom. The average molecular weight is 672 g/mol. The summed E-state index contributed by atoms with van der Waals surface area (Å²) in [4.78, 5) is 63.0. The summed E-state index contributed by atoms with van der Waals surface area (Å²) in [5.41, 5.74) is 0. The third-order valence-electron chi connectivity index (χ3n) is 7.51. The van der Waals surface area contributed by atoms with Crippen molar-refractivity contribution in [3.05, 3.63) is 0 Å². The zero-order valence-corrected chi connectivity index (χ0v) is 28.8. The van der Waals surface area contributed by atoms with Gasteiger partial charge in [-0.25, -0.2) is 4.79 Å². The Morgan fingerprint density at radius 3 is 1.43 bits per heavy atom. The van der Waals surface area contributed by atoms with Crippen LogP contribution in [-0.4, -0.2) is 101 Å². The first kappa shape index (κ1) is 42.4. The Bertz CT molecular complexity index is 842. The van der Waals surface area contributed by atoms with Gasteiger partial charge in [-0.1, -0.05) is 84.0 Å². The van der Waals surface area contributed by atoms with E-state index in [2.05, 4.69) is 17.6 Å². The molecule has 1 fully saturated rings. The molecule has 0 aromatic heterocycles. The first-order chi connectivity index (χ1) is 22.9. The maximum Gasteiger partial charge on any atom is 0.335 e. The summed E-state index contributed by atoms with van der Waals surface area (Å²) < 4.78 is 21.5. The highest BCUT2D eigenvalue weighted by molar-refractivity contribution is 6.01. The summed E-state index contributed by atoms with van der Waals surface area (Å²) in [7, 11) is 0. The number of nitrogens with zero attached hydrogens (tertiary/aromatic N) is 1. The quantitative estimate of drug-likeness (QED) is 0.0767. The molecule has 4 amide bonds. The molecule has 0 aromatic carbocycles. The van der Waals surface area contributed by atoms with Gasteiger partial charge in [-0.3, -0.25) is 19.2 Å². The van der Waals surface area contributed by atoms with E-state index in [0.29, 0.717) is 51.0 Å². The Kier molecular flexibility index (Phi) is 27.7. The monoisotopic (exact) mass is 671 g/mol. The SMILES string of the molecule is CCCCCCCCCCCCCCCC(=O)NCCOCCOCCC(=O)NCCOCCOCCC(=O)ON1C(=O)CCC1=O. The zero-order chi connectivity index (χ0) is 34.2. The lowest BCUT2D eigenvalue weighted by Crippen LogP contribution is -2.32. The molecule has 1 aliphatic rings. The normalized spacial score (nSPS) is 12.9. The Hall–Kier alpha value is -2.61. The van der Waals surface area contributed by atoms with Gasteiger partial charge in [0, 0.05) is 38.8 Å². The molecule has 1 aliphatic heterocycles. The van der Waals surface area contributed by atoms with Gasteiger partial charge in [0.1, 0.15) is 0 Å². The topological polar surface area (TPSA) is 159 Å². The highest BCUT2D eigenvalue weighted by Crippen LogP contribution is 2.14. The predicted molar refractivity (Wildman–Crippen MR) is 176 cm³/mol. The highest BCUT2D eigenvalue weighted by atomic mass is 16.7. The standard InChI is InChI=1S/C34H61N3O10/c1-2-3-4-5-6-7-8-9-10-11-12-13-14-15-30(38)35-20-24-45-28-26-43-22-18-31(39)36-21-25-46-29-27-44-23-19-34(42)47-37-32(40)16-17-33(37)41/h2-29H2,1H3,(H,35,38)(H,36,39). The number of carbonyl (C=O) groups is 5. The molecule has 13 heteroatoms. The summed E-state index contributed by atoms with van der Waals surface area (Å²) in [6.07, 6.45) is 17.6. The second kappa shape index (κ2) is 30.7. The second-order valence-corrected chi connectivity index (χ2v) is 11.7. The fraction of sp³-hybridized carbons (Fsp3) is 0.853. The number of hydroxylamine groups is 2. The third-order valence-corrected chi connectivity index (χ3v) is 7.51. The van der Waals surface area contributed by atoms with Crippen molar-refractivity contribution in [2.75, 3.05) is 65.9 Å². The van der Waals surface area contributed by atoms with Crippen LogP contribution in [0.15, 0.2) is 0 Å². The van der Waals surface area contributed by atoms with E-state index in [0.717, 1.165) is 12.8 Å². The first-order valence-electron chi connectivity index (χ1n) is 17.8. The number of hydrogen-bond acceptors (Lipinski definition) is 10. The van der Waals surface area contributed by atoms with Crippen LogP contribution in [-0.2, 0) is 47.8 Å². The van der Waals surface area contributed by atoms with E-state index in [1.54, 1.807) is 0 Å². The van der Waals surface area contributed by atoms with Crippen molar-refractivity contribution >= 4 is 29.6 Å². The lowest BCUT2D eigenvalue weighted by Gasteiger charge is -2.12. The molecule has 47 heavy (non-hydrogen) atoms. The lowest BCUT2D eigenvalue weighted by atomic mass is 10.0. The molecule has 0 spiro atoms. The smallest absolute Gasteiger partial charge is 0.335 e. The largest absolute Gasteiger partial charge is 0.379 e. The summed E-state index contributed by atoms with van der Waals surface area (Å²) in [5, 5.41) is 6.13. The fourth-order valence-corrected chi connectivity index (χ4v) is 4.77. The second-order valence-electron chi connectivity index (χ2n) is 11.7. The highest BCUT2D eigenvalue weighted by Gasteiger charge is 2.32. The Balaban J connectivity index is 1.76. The van der Waals surface area contributed by atoms with Gasteiger partial charge in [0.05, 0.1) is 59.3 Å². The molecule has 13 nitrogen and oxygen atoms in total. The van der Waals surface area contributed by atoms with Gasteiger partial charge in [0.2, 0.25) is 11.8 Å². The van der Waals surface area contributed by atoms with Crippen molar-refractivity contribution < 1.29 is 47.8 Å². The van der Waals surface area contributed by atoms with Crippen LogP contribution in [0, 0.1) is 0 Å². The van der Waals surface area contributed by atoms with E-state index in [9.17, 15) is 24.0 Å². The van der Waals surface area contributed by atoms with E-state index < -0.39 is 17.8 Å². The molecule has 0 unspecified atom stereocenters. The van der Waals surface area contributed by atoms with Crippen molar-refractivity contribution in [2.24, 2.45) is 0 Å². The number of amides is 4. The Labute approximate surface area is 281 Å². The number of ether oxygens (including phenoxy) is 4. The van der Waals surface area contributed by atoms with Gasteiger partial charge in [0.25, 0.3) is 11.8 Å². The van der Waals surface area contributed by atoms with Crippen LogP contribution in [0.4, 0.5) is 0 Å². The maximum atomic E-state index is 12.0. The molecular formula is C34H61N3O10. The van der Waals surface area contributed by atoms with Gasteiger partial charge in [-0.2, -0.15) is 0 Å². The third kappa shape index (κ3) is 26.1. The van der Waals surface area contributed by atoms with Crippen LogP contribution in [0.2, 0.25) is 0 Å². The summed E-state index contributed by atoms with van der Waals surface area (Å²) in [6, 6.07) is 0. The number of carbonyl (C=O) groups excluding carboxylic acids is 5. The van der Waals surface area contributed by atoms with Gasteiger partial charge in [-0.15, -0.1) is 5.06 Å². The van der Waals surface area contributed by atoms with E-state index in [1.807, 2.05) is 0 Å². The van der Waals surface area contributed by atoms with Crippen molar-refractivity contribution in [3.63, 3.8) is 0 Å². The zero-order valence-electron chi connectivity index (χ0n) is 28.8. The minimum Gasteiger partial charge on any atom is -0.379 e. The molecule has 0 aromatic rings. The van der Waals surface area contributed by atoms with Gasteiger partial charge in [-0.05, 0) is 6.42 Å². The number of unbranched alkanes of at least 4 members (excludes halogenated alkanes) is 12. The molecule has 0 aliphatic carbocycles. The number of rotatable bonds is 33. The van der Waals surface area contributed by atoms with Crippen LogP contribution < -0.4 is 10.6 Å². The van der Waals surface area contributed by atoms with Crippen molar-refractivity contribution in [3.8, 4) is 0 Å². The summed E-state index contributed by atoms with van der Waals surface area (Å²) in [6.45, 7) is 5.44. The number of nitrogens with one attached hydrogen (secondary N) is 2. The van der Waals surface area contributed by atoms with Crippen LogP contribution in [0.3, 0.4) is 0 Å². The van der Waals surface area contributed by atoms with Gasteiger partial charge in [0.15, 0.2) is 0 Å². The summed E-state index contributed by atoms with van der Waals surface area (Å²) in [5.74, 6) is -1.83. The van der Waals surface area contributed by atoms with Crippen molar-refractivity contribution in [2.45, 2.75) is 122 Å². The molecule has 2 N–H and O–H groups in total. The molecule has 1 saturated heterocycles. The van der Waals surface area contributed by atoms with Crippen molar-refractivity contribution in [1.82, 2.24) is 15.7 Å². The molecule has 272 valence electrons. The fourth-order valence-electron chi connectivity index (χ4n) is 4.77. The molecule has 1 heterocycles. The van der Waals surface area contributed by atoms with Crippen LogP contribution in [0.25, 0.3) is 0 Å². The van der Waals surface area contributed by atoms with Gasteiger partial charge >= 0.3 is 5.97 Å². The average Bonchev–Trinajstić information content (AvgIpc) is 3.37. The van der Waals surface area contributed by atoms with E-state index in [-0.39, 0.29) is 63.9 Å². The van der Waals surface area contributed by atoms with Crippen LogP contribution >= 0.6 is 0 Å². The molecule has 0 bridgehead atoms. The van der Waals surface area contributed by atoms with Crippen molar-refractivity contribution in [1.29, 1.82) is 0 Å². The minimum atomic E-state index is -0.718. The van der Waals surface area contributed by atoms with E-state index >= 15 is 0 Å². The molecule has 0 saturated carbocycles. The molecular weight excluding hydrogens is 610 g/mol. The van der Waals surface area contributed by atoms with Crippen LogP contribution in [0.1, 0.15) is 122 Å². The van der Waals surface area contributed by atoms with E-state index in [1.165, 1.54) is 70.6 Å². The van der Waals surface area contributed by atoms with E-state index in [4.69, 9.17) is 23.8 Å². The number of hydrogen-bond donors (Lipinski definition) is 2. The maximum absolute atomic E-state index is 12.0. The molecule has 0 atom stereocenters. The predicted octanol–water partition coefficient (Wildman–Crippen LogP) is 4.15. The summed E-state index contributed by atoms with van der Waals surface area (Å²) >= 11 is 0.